The van der Waals surface area contributed by atoms with Crippen molar-refractivity contribution < 1.29 is 9.90 Å². The van der Waals surface area contributed by atoms with Gasteiger partial charge < -0.3 is 10.0 Å². The molecule has 0 aliphatic carbocycles. The van der Waals surface area contributed by atoms with Gasteiger partial charge in [-0.1, -0.05) is 0 Å². The van der Waals surface area contributed by atoms with Gasteiger partial charge in [-0.25, -0.2) is 0 Å². The van der Waals surface area contributed by atoms with Crippen molar-refractivity contribution in [3.63, 3.8) is 0 Å². The molecule has 0 radical (unpaired) electrons. The lowest BCUT2D eigenvalue weighted by Gasteiger charge is -2.43. The van der Waals surface area contributed by atoms with Gasteiger partial charge in [0.1, 0.15) is 5.60 Å². The van der Waals surface area contributed by atoms with Crippen LogP contribution < -0.4 is 0 Å². The van der Waals surface area contributed by atoms with Crippen LogP contribution in [0.1, 0.15) is 34.6 Å². The molecule has 1 fully saturated rings. The molecular weight excluding hydrogens is 204 g/mol. The Morgan fingerprint density at radius 1 is 1.38 bits per heavy atom. The highest BCUT2D eigenvalue weighted by molar-refractivity contribution is 5.84. The third-order valence-corrected chi connectivity index (χ3v) is 3.17. The summed E-state index contributed by atoms with van der Waals surface area (Å²) < 4.78 is 0. The summed E-state index contributed by atoms with van der Waals surface area (Å²) in [5, 5.41) is 9.73. The van der Waals surface area contributed by atoms with Crippen molar-refractivity contribution in [3.8, 4) is 0 Å². The molecule has 1 rings (SSSR count). The first-order valence-corrected chi connectivity index (χ1v) is 6.01. The van der Waals surface area contributed by atoms with Gasteiger partial charge in [-0.3, -0.25) is 9.69 Å². The maximum Gasteiger partial charge on any atom is 0.254 e. The number of carbonyl (C=O) groups is 1. The molecule has 0 aromatic heterocycles. The van der Waals surface area contributed by atoms with Gasteiger partial charge in [0.15, 0.2) is 0 Å². The third-order valence-electron chi connectivity index (χ3n) is 3.17. The van der Waals surface area contributed by atoms with E-state index in [1.54, 1.807) is 18.7 Å². The number of aliphatic hydroxyl groups is 1. The van der Waals surface area contributed by atoms with E-state index in [9.17, 15) is 9.90 Å². The summed E-state index contributed by atoms with van der Waals surface area (Å²) in [4.78, 5) is 16.1. The number of hydrogen-bond donors (Lipinski definition) is 1. The van der Waals surface area contributed by atoms with Gasteiger partial charge in [0.2, 0.25) is 0 Å². The Morgan fingerprint density at radius 2 is 1.94 bits per heavy atom. The van der Waals surface area contributed by atoms with Gasteiger partial charge in [-0.2, -0.15) is 0 Å². The van der Waals surface area contributed by atoms with Crippen LogP contribution in [0.5, 0.6) is 0 Å². The second kappa shape index (κ2) is 4.72. The van der Waals surface area contributed by atoms with E-state index in [2.05, 4.69) is 18.7 Å². The monoisotopic (exact) mass is 228 g/mol. The van der Waals surface area contributed by atoms with Gasteiger partial charge in [0.05, 0.1) is 0 Å². The minimum Gasteiger partial charge on any atom is -0.381 e. The molecule has 1 amide bonds. The van der Waals surface area contributed by atoms with Crippen molar-refractivity contribution in [2.24, 2.45) is 0 Å². The topological polar surface area (TPSA) is 43.8 Å². The Morgan fingerprint density at radius 3 is 2.31 bits per heavy atom. The second-order valence-corrected chi connectivity index (χ2v) is 5.50. The number of rotatable bonds is 2. The average molecular weight is 228 g/mol. The van der Waals surface area contributed by atoms with Crippen molar-refractivity contribution in [1.29, 1.82) is 0 Å². The van der Waals surface area contributed by atoms with Gasteiger partial charge >= 0.3 is 0 Å². The molecule has 1 saturated heterocycles. The van der Waals surface area contributed by atoms with E-state index in [4.69, 9.17) is 0 Å². The van der Waals surface area contributed by atoms with Crippen LogP contribution in [0, 0.1) is 0 Å². The van der Waals surface area contributed by atoms with Crippen LogP contribution in [0.2, 0.25) is 0 Å². The minimum atomic E-state index is -1.26. The van der Waals surface area contributed by atoms with Gasteiger partial charge in [0.25, 0.3) is 5.91 Å². The Hall–Kier alpha value is -0.610. The van der Waals surface area contributed by atoms with Crippen LogP contribution in [0.15, 0.2) is 0 Å². The zero-order valence-corrected chi connectivity index (χ0v) is 11.0. The smallest absolute Gasteiger partial charge is 0.254 e. The summed E-state index contributed by atoms with van der Waals surface area (Å²) in [6.45, 7) is 12.0. The zero-order valence-electron chi connectivity index (χ0n) is 11.0. The largest absolute Gasteiger partial charge is 0.381 e. The summed E-state index contributed by atoms with van der Waals surface area (Å²) >= 11 is 0. The number of hydrogen-bond acceptors (Lipinski definition) is 3. The zero-order chi connectivity index (χ0) is 12.5. The molecular formula is C12H24N2O2. The van der Waals surface area contributed by atoms with E-state index in [-0.39, 0.29) is 11.9 Å². The fourth-order valence-corrected chi connectivity index (χ4v) is 2.11. The van der Waals surface area contributed by atoms with Crippen molar-refractivity contribution >= 4 is 5.91 Å². The standard InChI is InChI=1S/C12H24N2O2/c1-9(2)13-6-7-14(10(3)8-13)11(15)12(4,5)16/h9-10,16H,6-8H2,1-5H3. The molecule has 0 aromatic carbocycles. The number of piperazine rings is 1. The summed E-state index contributed by atoms with van der Waals surface area (Å²) in [7, 11) is 0. The molecule has 1 aliphatic rings. The van der Waals surface area contributed by atoms with Gasteiger partial charge in [0, 0.05) is 31.7 Å². The number of carbonyl (C=O) groups excluding carboxylic acids is 1. The quantitative estimate of drug-likeness (QED) is 0.756. The molecule has 94 valence electrons. The molecule has 0 aromatic rings. The highest BCUT2D eigenvalue weighted by Crippen LogP contribution is 2.16. The predicted molar refractivity (Wildman–Crippen MR) is 64.2 cm³/mol. The summed E-state index contributed by atoms with van der Waals surface area (Å²) in [6.07, 6.45) is 0. The fraction of sp³-hybridized carbons (Fsp3) is 0.917. The normalized spacial score (nSPS) is 23.9. The van der Waals surface area contributed by atoms with Gasteiger partial charge in [-0.15, -0.1) is 0 Å². The molecule has 1 aliphatic heterocycles. The first kappa shape index (κ1) is 13.5. The van der Waals surface area contributed by atoms with Gasteiger partial charge in [-0.05, 0) is 34.6 Å². The van der Waals surface area contributed by atoms with Crippen molar-refractivity contribution in [2.45, 2.75) is 52.3 Å². The lowest BCUT2D eigenvalue weighted by Crippen LogP contribution is -2.59. The maximum atomic E-state index is 12.0. The molecule has 0 bridgehead atoms. The Bertz CT molecular complexity index is 258. The van der Waals surface area contributed by atoms with E-state index in [0.29, 0.717) is 12.6 Å². The summed E-state index contributed by atoms with van der Waals surface area (Å²) in [6, 6.07) is 0.692. The minimum absolute atomic E-state index is 0.164. The maximum absolute atomic E-state index is 12.0. The average Bonchev–Trinajstić information content (AvgIpc) is 2.15. The number of nitrogens with zero attached hydrogens (tertiary/aromatic N) is 2. The lowest BCUT2D eigenvalue weighted by atomic mass is 10.0. The first-order valence-electron chi connectivity index (χ1n) is 6.01. The highest BCUT2D eigenvalue weighted by Gasteiger charge is 2.35. The van der Waals surface area contributed by atoms with E-state index < -0.39 is 5.60 Å². The summed E-state index contributed by atoms with van der Waals surface area (Å²) in [5.41, 5.74) is -1.26. The van der Waals surface area contributed by atoms with E-state index in [0.717, 1.165) is 13.1 Å². The van der Waals surface area contributed by atoms with Crippen LogP contribution in [0.25, 0.3) is 0 Å². The molecule has 1 atom stereocenters. The first-order chi connectivity index (χ1) is 7.23. The van der Waals surface area contributed by atoms with Crippen molar-refractivity contribution in [3.05, 3.63) is 0 Å². The van der Waals surface area contributed by atoms with E-state index in [1.165, 1.54) is 0 Å². The molecule has 1 unspecified atom stereocenters. The molecule has 0 spiro atoms. The fourth-order valence-electron chi connectivity index (χ4n) is 2.11. The van der Waals surface area contributed by atoms with Crippen molar-refractivity contribution in [2.75, 3.05) is 19.6 Å². The lowest BCUT2D eigenvalue weighted by molar-refractivity contribution is -0.152. The molecule has 1 heterocycles. The molecule has 0 saturated carbocycles. The summed E-state index contributed by atoms with van der Waals surface area (Å²) in [5.74, 6) is -0.164. The van der Waals surface area contributed by atoms with Crippen LogP contribution >= 0.6 is 0 Å². The molecule has 16 heavy (non-hydrogen) atoms. The Balaban J connectivity index is 2.64. The van der Waals surface area contributed by atoms with Crippen molar-refractivity contribution in [1.82, 2.24) is 9.80 Å². The van der Waals surface area contributed by atoms with E-state index in [1.807, 2.05) is 6.92 Å². The third kappa shape index (κ3) is 2.95. The highest BCUT2D eigenvalue weighted by atomic mass is 16.3. The SMILES string of the molecule is CC(C)N1CCN(C(=O)C(C)(C)O)C(C)C1. The predicted octanol–water partition coefficient (Wildman–Crippen LogP) is 0.698. The van der Waals surface area contributed by atoms with Crippen LogP contribution in [-0.2, 0) is 4.79 Å². The Kier molecular flexibility index (Phi) is 3.97. The molecule has 1 N–H and O–H groups in total. The second-order valence-electron chi connectivity index (χ2n) is 5.50. The van der Waals surface area contributed by atoms with Crippen LogP contribution in [0.3, 0.4) is 0 Å². The van der Waals surface area contributed by atoms with Crippen LogP contribution in [0.4, 0.5) is 0 Å². The van der Waals surface area contributed by atoms with E-state index >= 15 is 0 Å². The molecule has 4 heteroatoms. The Labute approximate surface area is 98.2 Å². The number of amides is 1. The molecule has 4 nitrogen and oxygen atoms in total. The van der Waals surface area contributed by atoms with Crippen LogP contribution in [-0.4, -0.2) is 58.1 Å².